The van der Waals surface area contributed by atoms with Gasteiger partial charge in [0.1, 0.15) is 0 Å². The van der Waals surface area contributed by atoms with Crippen LogP contribution in [0.1, 0.15) is 48.4 Å². The first-order valence-electron chi connectivity index (χ1n) is 12.6. The molecule has 1 saturated heterocycles. The molecule has 3 heterocycles. The summed E-state index contributed by atoms with van der Waals surface area (Å²) < 4.78 is 25.3. The van der Waals surface area contributed by atoms with Gasteiger partial charge in [0, 0.05) is 36.4 Å². The second kappa shape index (κ2) is 9.82. The number of hydrogen-bond acceptors (Lipinski definition) is 7. The molecule has 2 N–H and O–H groups in total. The van der Waals surface area contributed by atoms with Crippen LogP contribution >= 0.6 is 0 Å². The zero-order valence-electron chi connectivity index (χ0n) is 21.1. The number of pyridine rings is 1. The Kier molecular flexibility index (Phi) is 6.74. The van der Waals surface area contributed by atoms with Crippen LogP contribution in [0.5, 0.6) is 0 Å². The van der Waals surface area contributed by atoms with Crippen LogP contribution in [-0.4, -0.2) is 71.4 Å². The van der Waals surface area contributed by atoms with E-state index in [-0.39, 0.29) is 18.5 Å². The number of fused-ring (bicyclic) bond motifs is 1. The van der Waals surface area contributed by atoms with E-state index in [1.807, 2.05) is 32.2 Å². The predicted octanol–water partition coefficient (Wildman–Crippen LogP) is 2.79. The Hall–Kier alpha value is -2.98. The molecule has 2 aliphatic rings. The molecule has 1 aromatic carbocycles. The van der Waals surface area contributed by atoms with Crippen molar-refractivity contribution in [2.75, 3.05) is 31.2 Å². The number of amides is 1. The van der Waals surface area contributed by atoms with Gasteiger partial charge in [-0.15, -0.1) is 5.10 Å². The van der Waals surface area contributed by atoms with Crippen LogP contribution < -0.4 is 10.6 Å². The monoisotopic (exact) mass is 510 g/mol. The van der Waals surface area contributed by atoms with Crippen molar-refractivity contribution in [3.05, 3.63) is 53.3 Å². The molecule has 1 aliphatic heterocycles. The third-order valence-corrected chi connectivity index (χ3v) is 8.33. The smallest absolute Gasteiger partial charge is 0.251 e. The number of carbonyl (C=O) groups excluding carboxylic acids is 1. The molecular formula is C26H34N6O3S. The summed E-state index contributed by atoms with van der Waals surface area (Å²) >= 11 is 0. The molecule has 36 heavy (non-hydrogen) atoms. The van der Waals surface area contributed by atoms with Crippen LogP contribution in [0.25, 0.3) is 10.9 Å². The lowest BCUT2D eigenvalue weighted by Crippen LogP contribution is -2.63. The summed E-state index contributed by atoms with van der Waals surface area (Å²) in [7, 11) is -3.56. The van der Waals surface area contributed by atoms with Crippen molar-refractivity contribution in [1.82, 2.24) is 24.4 Å². The van der Waals surface area contributed by atoms with Crippen LogP contribution in [0.4, 0.5) is 5.82 Å². The fourth-order valence-electron chi connectivity index (χ4n) is 5.43. The van der Waals surface area contributed by atoms with Crippen molar-refractivity contribution < 1.29 is 13.2 Å². The summed E-state index contributed by atoms with van der Waals surface area (Å²) in [5.41, 5.74) is 3.89. The van der Waals surface area contributed by atoms with Gasteiger partial charge in [0.2, 0.25) is 5.91 Å². The Morgan fingerprint density at radius 3 is 2.50 bits per heavy atom. The molecule has 0 atom stereocenters. The van der Waals surface area contributed by atoms with E-state index in [2.05, 4.69) is 37.7 Å². The predicted molar refractivity (Wildman–Crippen MR) is 141 cm³/mol. The molecule has 192 valence electrons. The molecule has 9 nitrogen and oxygen atoms in total. The van der Waals surface area contributed by atoms with Crippen LogP contribution in [0.3, 0.4) is 0 Å². The Morgan fingerprint density at radius 1 is 1.08 bits per heavy atom. The molecule has 3 aromatic rings. The molecule has 0 unspecified atom stereocenters. The highest BCUT2D eigenvalue weighted by atomic mass is 32.2. The van der Waals surface area contributed by atoms with E-state index < -0.39 is 10.0 Å². The van der Waals surface area contributed by atoms with E-state index in [1.165, 1.54) is 31.2 Å². The maximum Gasteiger partial charge on any atom is 0.251 e. The van der Waals surface area contributed by atoms with Crippen LogP contribution in [0.2, 0.25) is 0 Å². The van der Waals surface area contributed by atoms with Gasteiger partial charge >= 0.3 is 0 Å². The van der Waals surface area contributed by atoms with Gasteiger partial charge in [-0.3, -0.25) is 14.7 Å². The highest BCUT2D eigenvalue weighted by Crippen LogP contribution is 2.35. The van der Waals surface area contributed by atoms with E-state index in [9.17, 15) is 13.2 Å². The van der Waals surface area contributed by atoms with Crippen molar-refractivity contribution in [3.8, 4) is 0 Å². The topological polar surface area (TPSA) is 109 Å². The number of nitrogens with zero attached hydrogens (tertiary/aromatic N) is 4. The number of benzene rings is 1. The van der Waals surface area contributed by atoms with E-state index in [0.717, 1.165) is 34.7 Å². The van der Waals surface area contributed by atoms with Crippen LogP contribution in [-0.2, 0) is 14.8 Å². The van der Waals surface area contributed by atoms with Gasteiger partial charge in [0.25, 0.3) is 10.0 Å². The van der Waals surface area contributed by atoms with Crippen LogP contribution in [0, 0.1) is 13.8 Å². The van der Waals surface area contributed by atoms with Gasteiger partial charge in [-0.25, -0.2) is 8.42 Å². The lowest BCUT2D eigenvalue weighted by atomic mass is 9.81. The molecule has 0 bridgehead atoms. The second-order valence-corrected chi connectivity index (χ2v) is 12.1. The van der Waals surface area contributed by atoms with Crippen molar-refractivity contribution in [2.24, 2.45) is 0 Å². The van der Waals surface area contributed by atoms with Crippen LogP contribution in [0.15, 0.2) is 36.5 Å². The zero-order chi connectivity index (χ0) is 25.4. The van der Waals surface area contributed by atoms with Crippen molar-refractivity contribution in [1.29, 1.82) is 0 Å². The number of rotatable bonds is 7. The lowest BCUT2D eigenvalue weighted by molar-refractivity contribution is -0.121. The van der Waals surface area contributed by atoms with Crippen molar-refractivity contribution >= 4 is 32.7 Å². The highest BCUT2D eigenvalue weighted by molar-refractivity contribution is 7.89. The minimum Gasteiger partial charge on any atom is -0.359 e. The number of hydrogen-bond donors (Lipinski definition) is 2. The molecule has 10 heteroatoms. The zero-order valence-corrected chi connectivity index (χ0v) is 21.9. The average molecular weight is 511 g/mol. The molecular weight excluding hydrogens is 476 g/mol. The number of aryl methyl sites for hydroxylation is 2. The second-order valence-electron chi connectivity index (χ2n) is 10.3. The summed E-state index contributed by atoms with van der Waals surface area (Å²) in [6, 6.07) is 10.5. The minimum absolute atomic E-state index is 0.0377. The van der Waals surface area contributed by atoms with Crippen molar-refractivity contribution in [2.45, 2.75) is 57.5 Å². The number of nitrogens with one attached hydrogen (secondary N) is 2. The molecule has 1 saturated carbocycles. The first-order valence-corrected chi connectivity index (χ1v) is 14.4. The van der Waals surface area contributed by atoms with Gasteiger partial charge in [0.05, 0.1) is 24.4 Å². The molecule has 0 spiro atoms. The van der Waals surface area contributed by atoms with E-state index >= 15 is 0 Å². The fraction of sp³-hybridized carbons (Fsp3) is 0.500. The summed E-state index contributed by atoms with van der Waals surface area (Å²) in [5.74, 6) is 0.873. The minimum atomic E-state index is -3.56. The summed E-state index contributed by atoms with van der Waals surface area (Å²) in [5, 5.41) is 11.0. The quantitative estimate of drug-likeness (QED) is 0.503. The molecule has 1 amide bonds. The number of aromatic nitrogens is 3. The Labute approximate surface area is 212 Å². The van der Waals surface area contributed by atoms with E-state index in [4.69, 9.17) is 0 Å². The van der Waals surface area contributed by atoms with Gasteiger partial charge in [-0.1, -0.05) is 17.7 Å². The Bertz CT molecular complexity index is 1350. The Morgan fingerprint density at radius 2 is 1.83 bits per heavy atom. The molecule has 5 rings (SSSR count). The average Bonchev–Trinajstić information content (AvgIpc) is 3.19. The molecule has 2 aromatic heterocycles. The maximum atomic E-state index is 12.6. The fourth-order valence-corrected chi connectivity index (χ4v) is 6.17. The Balaban J connectivity index is 1.09. The third kappa shape index (κ3) is 5.24. The number of carbonyl (C=O) groups is 1. The summed E-state index contributed by atoms with van der Waals surface area (Å²) in [6.07, 6.45) is 7.86. The summed E-state index contributed by atoms with van der Waals surface area (Å²) in [4.78, 5) is 19.5. The largest absolute Gasteiger partial charge is 0.359 e. The van der Waals surface area contributed by atoms with E-state index in [0.29, 0.717) is 28.7 Å². The summed E-state index contributed by atoms with van der Waals surface area (Å²) in [6.45, 7) is 5.74. The molecule has 2 fully saturated rings. The molecule has 0 radical (unpaired) electrons. The number of likely N-dealkylation sites (tertiary alicyclic amines) is 1. The first-order chi connectivity index (χ1) is 17.2. The van der Waals surface area contributed by atoms with E-state index in [1.54, 1.807) is 6.07 Å². The van der Waals surface area contributed by atoms with Gasteiger partial charge in [-0.2, -0.15) is 4.09 Å². The third-order valence-electron chi connectivity index (χ3n) is 7.43. The normalized spacial score (nSPS) is 21.3. The van der Waals surface area contributed by atoms with Gasteiger partial charge in [0.15, 0.2) is 5.82 Å². The van der Waals surface area contributed by atoms with Gasteiger partial charge in [-0.05, 0) is 69.2 Å². The highest BCUT2D eigenvalue weighted by Gasteiger charge is 2.35. The standard InChI is InChI=1S/C26H34N6O3S/c1-17-4-11-24-23(12-17)26(30-32(24)36(3,34)35)28-14-25(33)29-21-15-31(16-21)22-9-7-19(8-10-22)20-6-5-18(2)27-13-20/h4-6,11-13,19,21-22H,7-10,14-16H2,1-3H3,(H,28,30)(H,29,33)/t19-,22+. The number of anilines is 1. The maximum absolute atomic E-state index is 12.6. The SMILES string of the molecule is Cc1ccc2c(c1)c(NCC(=O)NC1CN([C@H]3CC[C@@H](c4ccc(C)nc4)CC3)C1)nn2S(C)(=O)=O. The lowest BCUT2D eigenvalue weighted by Gasteiger charge is -2.46. The first kappa shape index (κ1) is 24.7. The van der Waals surface area contributed by atoms with Crippen molar-refractivity contribution in [3.63, 3.8) is 0 Å². The van der Waals surface area contributed by atoms with Gasteiger partial charge < -0.3 is 10.6 Å². The molecule has 1 aliphatic carbocycles.